The van der Waals surface area contributed by atoms with Crippen molar-refractivity contribution in [3.8, 4) is 0 Å². The van der Waals surface area contributed by atoms with E-state index in [1.807, 2.05) is 30.3 Å². The number of hydrogen-bond donors (Lipinski definition) is 1. The second-order valence-electron chi connectivity index (χ2n) is 6.47. The average molecular weight is 310 g/mol. The molecular formula is C18H20N3O2+. The number of quaternary nitrogens is 1. The molecule has 2 aliphatic rings. The maximum absolute atomic E-state index is 12.4. The number of hydrogen-bond acceptors (Lipinski definition) is 3. The summed E-state index contributed by atoms with van der Waals surface area (Å²) in [6, 6.07) is 9.65. The first-order valence-electron chi connectivity index (χ1n) is 8.02. The highest BCUT2D eigenvalue weighted by molar-refractivity contribution is 6.26. The first kappa shape index (κ1) is 14.2. The van der Waals surface area contributed by atoms with Gasteiger partial charge < -0.3 is 9.80 Å². The molecule has 0 bridgehead atoms. The molecule has 1 saturated heterocycles. The van der Waals surface area contributed by atoms with Gasteiger partial charge in [0.25, 0.3) is 11.8 Å². The molecule has 2 amide bonds. The Morgan fingerprint density at radius 1 is 0.957 bits per heavy atom. The van der Waals surface area contributed by atoms with Crippen LogP contribution in [-0.4, -0.2) is 57.0 Å². The van der Waals surface area contributed by atoms with Gasteiger partial charge in [-0.15, -0.1) is 0 Å². The van der Waals surface area contributed by atoms with Crippen LogP contribution in [0.25, 0.3) is 10.8 Å². The normalized spacial score (nSPS) is 18.9. The van der Waals surface area contributed by atoms with E-state index in [4.69, 9.17) is 0 Å². The smallest absolute Gasteiger partial charge is 0.261 e. The van der Waals surface area contributed by atoms with Gasteiger partial charge in [-0.2, -0.15) is 0 Å². The molecule has 0 aromatic heterocycles. The minimum Gasteiger partial charge on any atom is -0.360 e. The lowest BCUT2D eigenvalue weighted by molar-refractivity contribution is -0.880. The first-order chi connectivity index (χ1) is 11.1. The molecule has 1 fully saturated rings. The fourth-order valence-electron chi connectivity index (χ4n) is 3.61. The van der Waals surface area contributed by atoms with Gasteiger partial charge in [-0.05, 0) is 18.2 Å². The molecule has 1 N–H and O–H groups in total. The molecule has 0 aliphatic carbocycles. The molecule has 118 valence electrons. The molecule has 0 saturated carbocycles. The van der Waals surface area contributed by atoms with E-state index < -0.39 is 0 Å². The Bertz CT molecular complexity index is 800. The van der Waals surface area contributed by atoms with Crippen LogP contribution in [0.3, 0.4) is 0 Å². The van der Waals surface area contributed by atoms with Gasteiger partial charge in [0.15, 0.2) is 0 Å². The van der Waals surface area contributed by atoms with Crippen molar-refractivity contribution in [3.05, 3.63) is 41.5 Å². The molecule has 2 aromatic carbocycles. The highest BCUT2D eigenvalue weighted by Crippen LogP contribution is 2.35. The summed E-state index contributed by atoms with van der Waals surface area (Å²) in [6.07, 6.45) is 0. The predicted molar refractivity (Wildman–Crippen MR) is 89.2 cm³/mol. The van der Waals surface area contributed by atoms with Gasteiger partial charge in [-0.25, -0.2) is 0 Å². The number of nitrogens with one attached hydrogen (secondary N) is 1. The number of likely N-dealkylation sites (N-methyl/N-ethyl adjacent to an activating group) is 1. The lowest BCUT2D eigenvalue weighted by Crippen LogP contribution is -3.12. The van der Waals surface area contributed by atoms with Crippen molar-refractivity contribution in [3.63, 3.8) is 0 Å². The third-order valence-corrected chi connectivity index (χ3v) is 5.05. The van der Waals surface area contributed by atoms with Gasteiger partial charge in [0.2, 0.25) is 0 Å². The zero-order valence-electron chi connectivity index (χ0n) is 13.4. The van der Waals surface area contributed by atoms with Crippen molar-refractivity contribution < 1.29 is 14.5 Å². The van der Waals surface area contributed by atoms with E-state index in [0.29, 0.717) is 11.1 Å². The molecule has 0 radical (unpaired) electrons. The lowest BCUT2D eigenvalue weighted by Gasteiger charge is -2.33. The van der Waals surface area contributed by atoms with Crippen LogP contribution in [0.5, 0.6) is 0 Å². The van der Waals surface area contributed by atoms with E-state index in [0.717, 1.165) is 42.6 Å². The second-order valence-corrected chi connectivity index (χ2v) is 6.47. The molecule has 5 nitrogen and oxygen atoms in total. The molecule has 2 heterocycles. The van der Waals surface area contributed by atoms with Crippen molar-refractivity contribution in [2.75, 3.05) is 45.2 Å². The molecule has 0 unspecified atom stereocenters. The summed E-state index contributed by atoms with van der Waals surface area (Å²) in [5.74, 6) is -0.429. The summed E-state index contributed by atoms with van der Waals surface area (Å²) >= 11 is 0. The number of anilines is 1. The van der Waals surface area contributed by atoms with Crippen molar-refractivity contribution in [2.24, 2.45) is 0 Å². The summed E-state index contributed by atoms with van der Waals surface area (Å²) in [6.45, 7) is 4.19. The molecule has 0 spiro atoms. The number of carbonyl (C=O) groups is 2. The summed E-state index contributed by atoms with van der Waals surface area (Å²) < 4.78 is 0. The number of piperazine rings is 1. The molecule has 23 heavy (non-hydrogen) atoms. The summed E-state index contributed by atoms with van der Waals surface area (Å²) in [5.41, 5.74) is 2.38. The number of imide groups is 1. The summed E-state index contributed by atoms with van der Waals surface area (Å²) in [5, 5.41) is 1.82. The van der Waals surface area contributed by atoms with Crippen LogP contribution >= 0.6 is 0 Å². The molecule has 2 aromatic rings. The Kier molecular flexibility index (Phi) is 3.13. The van der Waals surface area contributed by atoms with Gasteiger partial charge in [-0.1, -0.05) is 12.1 Å². The van der Waals surface area contributed by atoms with E-state index in [1.165, 1.54) is 9.80 Å². The van der Waals surface area contributed by atoms with Crippen LogP contribution in [0.1, 0.15) is 20.7 Å². The Morgan fingerprint density at radius 3 is 2.30 bits per heavy atom. The quantitative estimate of drug-likeness (QED) is 0.776. The minimum absolute atomic E-state index is 0.215. The zero-order chi connectivity index (χ0) is 16.1. The predicted octanol–water partition coefficient (Wildman–Crippen LogP) is 0.400. The number of carbonyl (C=O) groups excluding carboxylic acids is 2. The Balaban J connectivity index is 1.91. The second kappa shape index (κ2) is 5.06. The van der Waals surface area contributed by atoms with Crippen LogP contribution in [0.15, 0.2) is 30.3 Å². The fourth-order valence-corrected chi connectivity index (χ4v) is 3.61. The van der Waals surface area contributed by atoms with Crippen LogP contribution in [0.2, 0.25) is 0 Å². The van der Waals surface area contributed by atoms with Gasteiger partial charge >= 0.3 is 0 Å². The fraction of sp³-hybridized carbons (Fsp3) is 0.333. The Labute approximate surface area is 135 Å². The average Bonchev–Trinajstić information content (AvgIpc) is 2.58. The number of benzene rings is 2. The Hall–Kier alpha value is -2.40. The van der Waals surface area contributed by atoms with E-state index in [1.54, 1.807) is 7.05 Å². The van der Waals surface area contributed by atoms with Crippen LogP contribution in [-0.2, 0) is 0 Å². The third-order valence-electron chi connectivity index (χ3n) is 5.05. The van der Waals surface area contributed by atoms with Gasteiger partial charge in [0.1, 0.15) is 0 Å². The number of nitrogens with zero attached hydrogens (tertiary/aromatic N) is 2. The SMILES string of the molecule is CN1C(=O)c2cccc3c(N4CC[NH+](C)CC4)ccc(c23)C1=O. The molecule has 2 aliphatic heterocycles. The zero-order valence-corrected chi connectivity index (χ0v) is 13.4. The van der Waals surface area contributed by atoms with E-state index >= 15 is 0 Å². The van der Waals surface area contributed by atoms with E-state index in [-0.39, 0.29) is 11.8 Å². The molecular weight excluding hydrogens is 290 g/mol. The highest BCUT2D eigenvalue weighted by Gasteiger charge is 2.31. The summed E-state index contributed by atoms with van der Waals surface area (Å²) in [4.78, 5) is 30.0. The Morgan fingerprint density at radius 2 is 1.61 bits per heavy atom. The van der Waals surface area contributed by atoms with Gasteiger partial charge in [0.05, 0.1) is 33.2 Å². The maximum Gasteiger partial charge on any atom is 0.261 e. The first-order valence-corrected chi connectivity index (χ1v) is 8.02. The molecule has 0 atom stereocenters. The van der Waals surface area contributed by atoms with E-state index in [9.17, 15) is 9.59 Å². The molecule has 4 rings (SSSR count). The third kappa shape index (κ3) is 2.04. The van der Waals surface area contributed by atoms with Gasteiger partial charge in [-0.3, -0.25) is 14.5 Å². The van der Waals surface area contributed by atoms with Crippen molar-refractivity contribution in [2.45, 2.75) is 0 Å². The number of amides is 2. The standard InChI is InChI=1S/C18H19N3O2/c1-19-8-10-21(11-9-19)15-7-6-14-16-12(15)4-3-5-13(16)17(22)20(2)18(14)23/h3-7H,8-11H2,1-2H3/p+1. The topological polar surface area (TPSA) is 45.1 Å². The molecule has 5 heteroatoms. The highest BCUT2D eigenvalue weighted by atomic mass is 16.2. The van der Waals surface area contributed by atoms with Gasteiger partial charge in [0, 0.05) is 34.6 Å². The van der Waals surface area contributed by atoms with Crippen molar-refractivity contribution in [1.29, 1.82) is 0 Å². The van der Waals surface area contributed by atoms with Crippen LogP contribution in [0, 0.1) is 0 Å². The maximum atomic E-state index is 12.4. The van der Waals surface area contributed by atoms with Crippen molar-refractivity contribution >= 4 is 28.3 Å². The van der Waals surface area contributed by atoms with Crippen molar-refractivity contribution in [1.82, 2.24) is 4.90 Å². The summed E-state index contributed by atoms with van der Waals surface area (Å²) in [7, 11) is 3.76. The lowest BCUT2D eigenvalue weighted by atomic mass is 9.93. The van der Waals surface area contributed by atoms with Crippen LogP contribution < -0.4 is 9.80 Å². The monoisotopic (exact) mass is 310 g/mol. The minimum atomic E-state index is -0.215. The van der Waals surface area contributed by atoms with E-state index in [2.05, 4.69) is 11.9 Å². The largest absolute Gasteiger partial charge is 0.360 e. The number of rotatable bonds is 1. The van der Waals surface area contributed by atoms with Crippen LogP contribution in [0.4, 0.5) is 5.69 Å².